The van der Waals surface area contributed by atoms with Gasteiger partial charge in [0.05, 0.1) is 24.7 Å². The summed E-state index contributed by atoms with van der Waals surface area (Å²) in [6.07, 6.45) is 4.62. The van der Waals surface area contributed by atoms with E-state index in [1.807, 2.05) is 0 Å². The Hall–Kier alpha value is -2.84. The molecule has 0 aromatic heterocycles. The molecule has 0 heterocycles. The van der Waals surface area contributed by atoms with Gasteiger partial charge in [-0.05, 0) is 32.6 Å². The highest BCUT2D eigenvalue weighted by molar-refractivity contribution is 5.96. The molecule has 1 atom stereocenters. The fourth-order valence-electron chi connectivity index (χ4n) is 3.35. The Labute approximate surface area is 169 Å². The van der Waals surface area contributed by atoms with Gasteiger partial charge in [0.1, 0.15) is 5.56 Å². The summed E-state index contributed by atoms with van der Waals surface area (Å²) in [6, 6.07) is 2.31. The molecule has 0 bridgehead atoms. The van der Waals surface area contributed by atoms with Crippen LogP contribution in [0.5, 0.6) is 11.5 Å². The van der Waals surface area contributed by atoms with E-state index in [9.17, 15) is 19.7 Å². The van der Waals surface area contributed by atoms with Crippen molar-refractivity contribution in [3.63, 3.8) is 0 Å². The minimum atomic E-state index is -1.08. The van der Waals surface area contributed by atoms with E-state index in [1.165, 1.54) is 26.5 Å². The molecule has 1 unspecified atom stereocenters. The summed E-state index contributed by atoms with van der Waals surface area (Å²) in [4.78, 5) is 35.5. The van der Waals surface area contributed by atoms with Crippen molar-refractivity contribution in [2.45, 2.75) is 52.1 Å². The molecule has 29 heavy (non-hydrogen) atoms. The number of hydrogen-bond donors (Lipinski definition) is 1. The highest BCUT2D eigenvalue weighted by Gasteiger charge is 2.28. The number of nitrogens with zero attached hydrogens (tertiary/aromatic N) is 1. The highest BCUT2D eigenvalue weighted by Crippen LogP contribution is 2.35. The predicted octanol–water partition coefficient (Wildman–Crippen LogP) is 3.24. The molecule has 1 saturated carbocycles. The molecule has 0 aliphatic heterocycles. The Balaban J connectivity index is 2.07. The van der Waals surface area contributed by atoms with Gasteiger partial charge >= 0.3 is 5.97 Å². The number of rotatable bonds is 9. The van der Waals surface area contributed by atoms with E-state index in [4.69, 9.17) is 14.2 Å². The molecule has 1 aromatic carbocycles. The first-order valence-electron chi connectivity index (χ1n) is 9.85. The molecule has 1 aliphatic rings. The van der Waals surface area contributed by atoms with Crippen molar-refractivity contribution in [2.75, 3.05) is 20.3 Å². The van der Waals surface area contributed by atoms with Gasteiger partial charge < -0.3 is 19.5 Å². The molecule has 1 fully saturated rings. The van der Waals surface area contributed by atoms with Crippen LogP contribution in [0.4, 0.5) is 5.69 Å². The van der Waals surface area contributed by atoms with Crippen molar-refractivity contribution in [3.8, 4) is 11.5 Å². The standard InChI is InChI=1S/C20H28N2O7/c1-4-28-18-11-16(22(25)26)15(10-17(18)27-3)20(24)29-13(2)19(23)21-12-14-8-6-5-7-9-14/h10-11,13-14H,4-9,12H2,1-3H3,(H,21,23). The summed E-state index contributed by atoms with van der Waals surface area (Å²) in [5.74, 6) is -0.648. The second-order valence-electron chi connectivity index (χ2n) is 7.01. The molecule has 160 valence electrons. The van der Waals surface area contributed by atoms with E-state index in [-0.39, 0.29) is 23.7 Å². The summed E-state index contributed by atoms with van der Waals surface area (Å²) < 4.78 is 15.6. The lowest BCUT2D eigenvalue weighted by molar-refractivity contribution is -0.385. The van der Waals surface area contributed by atoms with Crippen LogP contribution in [0.1, 0.15) is 56.3 Å². The van der Waals surface area contributed by atoms with Gasteiger partial charge in [-0.15, -0.1) is 0 Å². The Morgan fingerprint density at radius 1 is 1.24 bits per heavy atom. The maximum Gasteiger partial charge on any atom is 0.346 e. The quantitative estimate of drug-likeness (QED) is 0.379. The summed E-state index contributed by atoms with van der Waals surface area (Å²) in [7, 11) is 1.36. The van der Waals surface area contributed by atoms with Crippen molar-refractivity contribution in [2.24, 2.45) is 5.92 Å². The van der Waals surface area contributed by atoms with Crippen LogP contribution in [0, 0.1) is 16.0 Å². The number of benzene rings is 1. The van der Waals surface area contributed by atoms with Crippen LogP contribution in [-0.4, -0.2) is 43.2 Å². The number of amides is 1. The van der Waals surface area contributed by atoms with Gasteiger partial charge in [0.25, 0.3) is 11.6 Å². The van der Waals surface area contributed by atoms with Crippen LogP contribution >= 0.6 is 0 Å². The molecule has 9 nitrogen and oxygen atoms in total. The summed E-state index contributed by atoms with van der Waals surface area (Å²) in [6.45, 7) is 3.97. The number of carbonyl (C=O) groups is 2. The van der Waals surface area contributed by atoms with Crippen molar-refractivity contribution in [1.82, 2.24) is 5.32 Å². The van der Waals surface area contributed by atoms with Crippen LogP contribution in [0.2, 0.25) is 0 Å². The molecule has 2 rings (SSSR count). The lowest BCUT2D eigenvalue weighted by atomic mass is 9.89. The van der Waals surface area contributed by atoms with E-state index in [2.05, 4.69) is 5.32 Å². The van der Waals surface area contributed by atoms with Crippen LogP contribution in [-0.2, 0) is 9.53 Å². The molecule has 0 spiro atoms. The second kappa shape index (κ2) is 10.6. The SMILES string of the molecule is CCOc1cc([N+](=O)[O-])c(C(=O)OC(C)C(=O)NCC2CCCCC2)cc1OC. The maximum atomic E-state index is 12.5. The zero-order valence-corrected chi connectivity index (χ0v) is 17.1. The molecule has 0 radical (unpaired) electrons. The number of nitro groups is 1. The molecule has 1 N–H and O–H groups in total. The number of ether oxygens (including phenoxy) is 3. The van der Waals surface area contributed by atoms with Gasteiger partial charge in [0, 0.05) is 12.6 Å². The Kier molecular flexibility index (Phi) is 8.23. The van der Waals surface area contributed by atoms with Gasteiger partial charge in [0.15, 0.2) is 17.6 Å². The molecule has 0 saturated heterocycles. The lowest BCUT2D eigenvalue weighted by Crippen LogP contribution is -2.38. The first kappa shape index (κ1) is 22.4. The van der Waals surface area contributed by atoms with E-state index in [0.717, 1.165) is 31.7 Å². The van der Waals surface area contributed by atoms with Crippen molar-refractivity contribution in [3.05, 3.63) is 27.8 Å². The zero-order chi connectivity index (χ0) is 21.4. The monoisotopic (exact) mass is 408 g/mol. The number of nitrogens with one attached hydrogen (secondary N) is 1. The fourth-order valence-corrected chi connectivity index (χ4v) is 3.35. The van der Waals surface area contributed by atoms with E-state index in [0.29, 0.717) is 12.5 Å². The largest absolute Gasteiger partial charge is 0.493 e. The number of hydrogen-bond acceptors (Lipinski definition) is 7. The van der Waals surface area contributed by atoms with Crippen LogP contribution in [0.3, 0.4) is 0 Å². The minimum absolute atomic E-state index is 0.150. The topological polar surface area (TPSA) is 117 Å². The lowest BCUT2D eigenvalue weighted by Gasteiger charge is -2.22. The third-order valence-electron chi connectivity index (χ3n) is 4.94. The Morgan fingerprint density at radius 2 is 1.93 bits per heavy atom. The van der Waals surface area contributed by atoms with E-state index < -0.39 is 28.6 Å². The van der Waals surface area contributed by atoms with Gasteiger partial charge in [-0.2, -0.15) is 0 Å². The molecule has 1 amide bonds. The smallest absolute Gasteiger partial charge is 0.346 e. The molecular weight excluding hydrogens is 380 g/mol. The van der Waals surface area contributed by atoms with E-state index in [1.54, 1.807) is 6.92 Å². The maximum absolute atomic E-state index is 12.5. The third kappa shape index (κ3) is 6.07. The van der Waals surface area contributed by atoms with Crippen LogP contribution < -0.4 is 14.8 Å². The number of carbonyl (C=O) groups excluding carboxylic acids is 2. The average Bonchev–Trinajstić information content (AvgIpc) is 2.72. The van der Waals surface area contributed by atoms with Crippen molar-refractivity contribution < 1.29 is 28.7 Å². The predicted molar refractivity (Wildman–Crippen MR) is 105 cm³/mol. The van der Waals surface area contributed by atoms with Crippen LogP contribution in [0.15, 0.2) is 12.1 Å². The summed E-state index contributed by atoms with van der Waals surface area (Å²) in [5.41, 5.74) is -0.781. The van der Waals surface area contributed by atoms with E-state index >= 15 is 0 Å². The third-order valence-corrected chi connectivity index (χ3v) is 4.94. The van der Waals surface area contributed by atoms with Gasteiger partial charge in [-0.1, -0.05) is 19.3 Å². The number of methoxy groups -OCH3 is 1. The fraction of sp³-hybridized carbons (Fsp3) is 0.600. The summed E-state index contributed by atoms with van der Waals surface area (Å²) in [5, 5.41) is 14.2. The average molecular weight is 408 g/mol. The Morgan fingerprint density at radius 3 is 2.52 bits per heavy atom. The second-order valence-corrected chi connectivity index (χ2v) is 7.01. The van der Waals surface area contributed by atoms with Gasteiger partial charge in [-0.25, -0.2) is 4.79 Å². The molecule has 9 heteroatoms. The van der Waals surface area contributed by atoms with Gasteiger partial charge in [-0.3, -0.25) is 14.9 Å². The van der Waals surface area contributed by atoms with Crippen LogP contribution in [0.25, 0.3) is 0 Å². The number of esters is 1. The first-order valence-corrected chi connectivity index (χ1v) is 9.85. The van der Waals surface area contributed by atoms with Crippen molar-refractivity contribution >= 4 is 17.6 Å². The van der Waals surface area contributed by atoms with Crippen molar-refractivity contribution in [1.29, 1.82) is 0 Å². The zero-order valence-electron chi connectivity index (χ0n) is 17.1. The molecular formula is C20H28N2O7. The summed E-state index contributed by atoms with van der Waals surface area (Å²) >= 11 is 0. The first-order chi connectivity index (χ1) is 13.9. The molecule has 1 aromatic rings. The highest BCUT2D eigenvalue weighted by atomic mass is 16.6. The minimum Gasteiger partial charge on any atom is -0.493 e. The van der Waals surface area contributed by atoms with Gasteiger partial charge in [0.2, 0.25) is 0 Å². The molecule has 1 aliphatic carbocycles. The number of nitro benzene ring substituents is 1. The Bertz CT molecular complexity index is 745. The normalized spacial score (nSPS) is 15.3.